The van der Waals surface area contributed by atoms with Crippen LogP contribution in [0.1, 0.15) is 55.2 Å². The van der Waals surface area contributed by atoms with Crippen molar-refractivity contribution >= 4 is 44.5 Å². The van der Waals surface area contributed by atoms with Crippen LogP contribution in [0.25, 0.3) is 10.2 Å². The molecule has 35 heavy (non-hydrogen) atoms. The van der Waals surface area contributed by atoms with Crippen molar-refractivity contribution < 1.29 is 14.4 Å². The number of thiazole rings is 1. The zero-order valence-corrected chi connectivity index (χ0v) is 21.0. The van der Waals surface area contributed by atoms with Crippen molar-refractivity contribution in [2.24, 2.45) is 0 Å². The summed E-state index contributed by atoms with van der Waals surface area (Å²) in [4.78, 5) is 46.7. The molecule has 0 bridgehead atoms. The van der Waals surface area contributed by atoms with Crippen molar-refractivity contribution in [3.05, 3.63) is 59.2 Å². The summed E-state index contributed by atoms with van der Waals surface area (Å²) in [6, 6.07) is 13.7. The first-order valence-corrected chi connectivity index (χ1v) is 13.0. The topological polar surface area (TPSA) is 82.6 Å². The Balaban J connectivity index is 1.32. The van der Waals surface area contributed by atoms with Crippen LogP contribution in [-0.2, 0) is 16.1 Å². The van der Waals surface area contributed by atoms with E-state index in [9.17, 15) is 14.4 Å². The van der Waals surface area contributed by atoms with E-state index in [1.165, 1.54) is 21.8 Å². The average Bonchev–Trinajstić information content (AvgIpc) is 3.56. The molecule has 1 N–H and O–H groups in total. The van der Waals surface area contributed by atoms with Gasteiger partial charge >= 0.3 is 6.03 Å². The molecular weight excluding hydrogens is 460 g/mol. The van der Waals surface area contributed by atoms with E-state index in [-0.39, 0.29) is 30.8 Å². The number of benzene rings is 2. The molecule has 8 heteroatoms. The Labute approximate surface area is 209 Å². The number of fused-ring (bicyclic) bond motifs is 1. The summed E-state index contributed by atoms with van der Waals surface area (Å²) in [6.07, 6.45) is 3.96. The number of hydrogen-bond acceptors (Lipinski definition) is 5. The minimum Gasteiger partial charge on any atom is -0.323 e. The second-order valence-corrected chi connectivity index (χ2v) is 10.6. The number of amides is 4. The molecular formula is C27H30N4O3S. The van der Waals surface area contributed by atoms with E-state index >= 15 is 0 Å². The standard InChI is InChI=1S/C27H30N4O3S/c1-18-12-13-21-23(19(18)2)28-26(35-21)31(17-20-9-4-3-5-10-20)22(32)11-8-16-30-24(33)27(29-25(30)34)14-6-7-15-27/h3-5,9-10,12-13H,6-8,11,14-17H2,1-2H3,(H,29,34). The second-order valence-electron chi connectivity index (χ2n) is 9.60. The fourth-order valence-electron chi connectivity index (χ4n) is 5.08. The van der Waals surface area contributed by atoms with E-state index in [4.69, 9.17) is 4.98 Å². The van der Waals surface area contributed by atoms with Crippen molar-refractivity contribution in [1.82, 2.24) is 15.2 Å². The maximum atomic E-state index is 13.5. The van der Waals surface area contributed by atoms with Gasteiger partial charge in [-0.05, 0) is 55.9 Å². The van der Waals surface area contributed by atoms with Crippen LogP contribution in [0.2, 0.25) is 0 Å². The highest BCUT2D eigenvalue weighted by atomic mass is 32.1. The zero-order chi connectivity index (χ0) is 24.6. The minimum absolute atomic E-state index is 0.0649. The van der Waals surface area contributed by atoms with E-state index in [1.54, 1.807) is 4.90 Å². The third-order valence-electron chi connectivity index (χ3n) is 7.26. The van der Waals surface area contributed by atoms with Gasteiger partial charge in [-0.2, -0.15) is 0 Å². The molecule has 1 saturated carbocycles. The van der Waals surface area contributed by atoms with Crippen LogP contribution in [0.5, 0.6) is 0 Å². The molecule has 2 aliphatic rings. The molecule has 1 aliphatic carbocycles. The van der Waals surface area contributed by atoms with E-state index in [0.717, 1.165) is 34.2 Å². The monoisotopic (exact) mass is 490 g/mol. The first-order chi connectivity index (χ1) is 16.9. The number of carbonyl (C=O) groups is 3. The molecule has 5 rings (SSSR count). The van der Waals surface area contributed by atoms with Crippen LogP contribution in [0.3, 0.4) is 0 Å². The number of aromatic nitrogens is 1. The van der Waals surface area contributed by atoms with Crippen LogP contribution < -0.4 is 10.2 Å². The first kappa shape index (κ1) is 23.5. The molecule has 4 amide bonds. The Morgan fingerprint density at radius 2 is 1.86 bits per heavy atom. The lowest BCUT2D eigenvalue weighted by molar-refractivity contribution is -0.131. The van der Waals surface area contributed by atoms with Gasteiger partial charge < -0.3 is 5.32 Å². The van der Waals surface area contributed by atoms with Crippen molar-refractivity contribution in [1.29, 1.82) is 0 Å². The van der Waals surface area contributed by atoms with E-state index in [1.807, 2.05) is 30.3 Å². The number of hydrogen-bond donors (Lipinski definition) is 1. The van der Waals surface area contributed by atoms with Crippen molar-refractivity contribution in [2.75, 3.05) is 11.4 Å². The van der Waals surface area contributed by atoms with Crippen LogP contribution in [0.15, 0.2) is 42.5 Å². The molecule has 1 aliphatic heterocycles. The molecule has 0 radical (unpaired) electrons. The summed E-state index contributed by atoms with van der Waals surface area (Å²) < 4.78 is 1.05. The zero-order valence-electron chi connectivity index (χ0n) is 20.2. The van der Waals surface area contributed by atoms with E-state index in [2.05, 4.69) is 31.3 Å². The lowest BCUT2D eigenvalue weighted by atomic mass is 9.98. The van der Waals surface area contributed by atoms with Gasteiger partial charge in [-0.1, -0.05) is 60.6 Å². The lowest BCUT2D eigenvalue weighted by Gasteiger charge is -2.21. The quantitative estimate of drug-likeness (QED) is 0.468. The molecule has 182 valence electrons. The number of anilines is 1. The molecule has 2 heterocycles. The summed E-state index contributed by atoms with van der Waals surface area (Å²) in [6.45, 7) is 4.78. The Kier molecular flexibility index (Phi) is 6.32. The number of imide groups is 1. The minimum atomic E-state index is -0.711. The molecule has 1 spiro atoms. The molecule has 0 unspecified atom stereocenters. The molecule has 7 nitrogen and oxygen atoms in total. The molecule has 1 saturated heterocycles. The van der Waals surface area contributed by atoms with Crippen LogP contribution >= 0.6 is 11.3 Å². The Bertz CT molecular complexity index is 1280. The van der Waals surface area contributed by atoms with Crippen LogP contribution in [0, 0.1) is 13.8 Å². The van der Waals surface area contributed by atoms with E-state index < -0.39 is 5.54 Å². The first-order valence-electron chi connectivity index (χ1n) is 12.2. The third kappa shape index (κ3) is 4.43. The molecule has 0 atom stereocenters. The predicted octanol–water partition coefficient (Wildman–Crippen LogP) is 5.09. The van der Waals surface area contributed by atoms with Crippen molar-refractivity contribution in [2.45, 2.75) is 64.5 Å². The SMILES string of the molecule is Cc1ccc2sc(N(Cc3ccccc3)C(=O)CCCN3C(=O)NC4(CCCC4)C3=O)nc2c1C. The van der Waals surface area contributed by atoms with Gasteiger partial charge in [0.15, 0.2) is 5.13 Å². The molecule has 1 aromatic heterocycles. The molecule has 2 fully saturated rings. The van der Waals surface area contributed by atoms with Gasteiger partial charge in [0.05, 0.1) is 16.8 Å². The average molecular weight is 491 g/mol. The summed E-state index contributed by atoms with van der Waals surface area (Å²) in [5, 5.41) is 3.58. The van der Waals surface area contributed by atoms with Crippen LogP contribution in [-0.4, -0.2) is 39.8 Å². The van der Waals surface area contributed by atoms with Gasteiger partial charge in [0, 0.05) is 13.0 Å². The van der Waals surface area contributed by atoms with Gasteiger partial charge in [-0.25, -0.2) is 9.78 Å². The number of carbonyl (C=O) groups excluding carboxylic acids is 3. The van der Waals surface area contributed by atoms with Crippen molar-refractivity contribution in [3.8, 4) is 0 Å². The maximum Gasteiger partial charge on any atom is 0.325 e. The maximum absolute atomic E-state index is 13.5. The number of rotatable bonds is 7. The highest BCUT2D eigenvalue weighted by Gasteiger charge is 2.52. The van der Waals surface area contributed by atoms with Gasteiger partial charge in [0.2, 0.25) is 5.91 Å². The normalized spacial score (nSPS) is 16.9. The van der Waals surface area contributed by atoms with Gasteiger partial charge in [0.25, 0.3) is 5.91 Å². The van der Waals surface area contributed by atoms with Gasteiger partial charge in [0.1, 0.15) is 5.54 Å². The van der Waals surface area contributed by atoms with Gasteiger partial charge in [-0.3, -0.25) is 19.4 Å². The van der Waals surface area contributed by atoms with Crippen molar-refractivity contribution in [3.63, 3.8) is 0 Å². The third-order valence-corrected chi connectivity index (χ3v) is 8.31. The number of nitrogens with zero attached hydrogens (tertiary/aromatic N) is 3. The summed E-state index contributed by atoms with van der Waals surface area (Å²) in [7, 11) is 0. The van der Waals surface area contributed by atoms with Crippen LogP contribution in [0.4, 0.5) is 9.93 Å². The van der Waals surface area contributed by atoms with Gasteiger partial charge in [-0.15, -0.1) is 0 Å². The number of urea groups is 1. The summed E-state index contributed by atoms with van der Waals surface area (Å²) in [5.41, 5.74) is 3.53. The highest BCUT2D eigenvalue weighted by Crippen LogP contribution is 2.36. The second kappa shape index (κ2) is 9.41. The smallest absolute Gasteiger partial charge is 0.323 e. The fourth-order valence-corrected chi connectivity index (χ4v) is 6.12. The van der Waals surface area contributed by atoms with E-state index in [0.29, 0.717) is 30.9 Å². The lowest BCUT2D eigenvalue weighted by Crippen LogP contribution is -2.44. The Morgan fingerprint density at radius 1 is 1.11 bits per heavy atom. The molecule has 3 aromatic rings. The number of aryl methyl sites for hydroxylation is 2. The summed E-state index contributed by atoms with van der Waals surface area (Å²) in [5.74, 6) is -0.199. The largest absolute Gasteiger partial charge is 0.325 e. The Hall–Kier alpha value is -3.26. The molecule has 2 aromatic carbocycles. The fraction of sp³-hybridized carbons (Fsp3) is 0.407. The Morgan fingerprint density at radius 3 is 2.60 bits per heavy atom. The predicted molar refractivity (Wildman–Crippen MR) is 137 cm³/mol. The highest BCUT2D eigenvalue weighted by molar-refractivity contribution is 7.22. The summed E-state index contributed by atoms with van der Waals surface area (Å²) >= 11 is 1.51. The number of nitrogens with one attached hydrogen (secondary N) is 1.